The molecule has 1 N–H and O–H groups in total. The van der Waals surface area contributed by atoms with Crippen LogP contribution in [-0.2, 0) is 4.74 Å². The number of rotatable bonds is 8. The molecule has 1 fully saturated rings. The van der Waals surface area contributed by atoms with Gasteiger partial charge in [0.25, 0.3) is 0 Å². The molecular formula is C17H35NO. The Bertz CT molecular complexity index is 239. The van der Waals surface area contributed by atoms with Gasteiger partial charge in [-0.3, -0.25) is 0 Å². The van der Waals surface area contributed by atoms with Crippen LogP contribution in [0.3, 0.4) is 0 Å². The quantitative estimate of drug-likeness (QED) is 0.660. The predicted octanol–water partition coefficient (Wildman–Crippen LogP) is 4.39. The Kier molecular flexibility index (Phi) is 7.38. The molecule has 0 aliphatic heterocycles. The first kappa shape index (κ1) is 17.0. The molecule has 3 unspecified atom stereocenters. The van der Waals surface area contributed by atoms with Gasteiger partial charge in [-0.15, -0.1) is 0 Å². The van der Waals surface area contributed by atoms with Gasteiger partial charge in [-0.1, -0.05) is 34.6 Å². The zero-order valence-electron chi connectivity index (χ0n) is 13.8. The lowest BCUT2D eigenvalue weighted by atomic mass is 9.71. The molecule has 0 amide bonds. The Hall–Kier alpha value is -0.0800. The fourth-order valence-electron chi connectivity index (χ4n) is 3.70. The summed E-state index contributed by atoms with van der Waals surface area (Å²) >= 11 is 0. The van der Waals surface area contributed by atoms with Gasteiger partial charge in [0, 0.05) is 12.6 Å². The van der Waals surface area contributed by atoms with Gasteiger partial charge in [-0.05, 0) is 56.4 Å². The molecule has 114 valence electrons. The van der Waals surface area contributed by atoms with Crippen molar-refractivity contribution in [1.82, 2.24) is 5.32 Å². The maximum absolute atomic E-state index is 6.13. The minimum Gasteiger partial charge on any atom is -0.378 e. The van der Waals surface area contributed by atoms with Crippen LogP contribution in [0.15, 0.2) is 0 Å². The van der Waals surface area contributed by atoms with Gasteiger partial charge in [0.15, 0.2) is 0 Å². The number of hydrogen-bond acceptors (Lipinski definition) is 2. The van der Waals surface area contributed by atoms with Gasteiger partial charge >= 0.3 is 0 Å². The Labute approximate surface area is 120 Å². The topological polar surface area (TPSA) is 21.3 Å². The van der Waals surface area contributed by atoms with Crippen LogP contribution >= 0.6 is 0 Å². The van der Waals surface area contributed by atoms with Crippen molar-refractivity contribution < 1.29 is 4.74 Å². The molecule has 1 aliphatic carbocycles. The normalized spacial score (nSPS) is 28.3. The van der Waals surface area contributed by atoms with E-state index < -0.39 is 0 Å². The molecule has 3 atom stereocenters. The van der Waals surface area contributed by atoms with Crippen molar-refractivity contribution in [2.45, 2.75) is 85.3 Å². The van der Waals surface area contributed by atoms with Crippen LogP contribution in [0.2, 0.25) is 0 Å². The molecule has 0 bridgehead atoms. The first-order chi connectivity index (χ1) is 8.96. The lowest BCUT2D eigenvalue weighted by Gasteiger charge is -2.38. The molecule has 19 heavy (non-hydrogen) atoms. The number of ether oxygens (including phenoxy) is 1. The lowest BCUT2D eigenvalue weighted by molar-refractivity contribution is -0.0244. The van der Waals surface area contributed by atoms with Crippen LogP contribution < -0.4 is 5.32 Å². The van der Waals surface area contributed by atoms with Crippen molar-refractivity contribution in [2.24, 2.45) is 11.3 Å². The fraction of sp³-hybridized carbons (Fsp3) is 1.00. The molecule has 0 heterocycles. The fourth-order valence-corrected chi connectivity index (χ4v) is 3.70. The molecule has 0 radical (unpaired) electrons. The summed E-state index contributed by atoms with van der Waals surface area (Å²) in [7, 11) is 0. The van der Waals surface area contributed by atoms with E-state index in [-0.39, 0.29) is 0 Å². The van der Waals surface area contributed by atoms with E-state index in [0.717, 1.165) is 19.1 Å². The van der Waals surface area contributed by atoms with Gasteiger partial charge in [0.05, 0.1) is 6.10 Å². The Balaban J connectivity index is 2.18. The summed E-state index contributed by atoms with van der Waals surface area (Å²) in [6.07, 6.45) is 8.01. The second kappa shape index (κ2) is 8.26. The zero-order valence-corrected chi connectivity index (χ0v) is 13.8. The summed E-state index contributed by atoms with van der Waals surface area (Å²) in [6.45, 7) is 13.6. The number of nitrogens with one attached hydrogen (secondary N) is 1. The first-order valence-electron chi connectivity index (χ1n) is 8.31. The van der Waals surface area contributed by atoms with Crippen LogP contribution in [0.25, 0.3) is 0 Å². The molecule has 1 rings (SSSR count). The Morgan fingerprint density at radius 3 is 2.58 bits per heavy atom. The minimum atomic E-state index is 0.470. The highest BCUT2D eigenvalue weighted by Gasteiger charge is 2.32. The van der Waals surface area contributed by atoms with Crippen molar-refractivity contribution in [1.29, 1.82) is 0 Å². The van der Waals surface area contributed by atoms with Crippen LogP contribution in [0.5, 0.6) is 0 Å². The van der Waals surface area contributed by atoms with E-state index in [1.807, 2.05) is 0 Å². The monoisotopic (exact) mass is 269 g/mol. The zero-order chi connectivity index (χ0) is 14.3. The third kappa shape index (κ3) is 6.76. The first-order valence-corrected chi connectivity index (χ1v) is 8.31. The van der Waals surface area contributed by atoms with Crippen molar-refractivity contribution in [3.05, 3.63) is 0 Å². The number of hydrogen-bond donors (Lipinski definition) is 1. The van der Waals surface area contributed by atoms with Gasteiger partial charge < -0.3 is 10.1 Å². The second-order valence-electron chi connectivity index (χ2n) is 7.21. The summed E-state index contributed by atoms with van der Waals surface area (Å²) < 4.78 is 6.13. The van der Waals surface area contributed by atoms with E-state index in [1.54, 1.807) is 0 Å². The maximum Gasteiger partial charge on any atom is 0.0582 e. The SMILES string of the molecule is CCNC(CC)CCCOC1CC(C)CC(C)(C)C1. The van der Waals surface area contributed by atoms with E-state index in [0.29, 0.717) is 17.6 Å². The van der Waals surface area contributed by atoms with Crippen molar-refractivity contribution in [3.8, 4) is 0 Å². The Morgan fingerprint density at radius 2 is 2.00 bits per heavy atom. The van der Waals surface area contributed by atoms with E-state index >= 15 is 0 Å². The molecule has 0 saturated heterocycles. The third-order valence-corrected chi connectivity index (χ3v) is 4.38. The van der Waals surface area contributed by atoms with E-state index in [4.69, 9.17) is 4.74 Å². The summed E-state index contributed by atoms with van der Waals surface area (Å²) in [5.74, 6) is 0.818. The standard InChI is InChI=1S/C17H35NO/c1-6-15(18-7-2)9-8-10-19-16-11-14(3)12-17(4,5)13-16/h14-16,18H,6-13H2,1-5H3. The molecule has 0 aromatic carbocycles. The van der Waals surface area contributed by atoms with E-state index in [2.05, 4.69) is 39.9 Å². The highest BCUT2D eigenvalue weighted by molar-refractivity contribution is 4.83. The third-order valence-electron chi connectivity index (χ3n) is 4.38. The van der Waals surface area contributed by atoms with Gasteiger partial charge in [0.1, 0.15) is 0 Å². The predicted molar refractivity (Wildman–Crippen MR) is 83.5 cm³/mol. The molecular weight excluding hydrogens is 234 g/mol. The molecule has 2 nitrogen and oxygen atoms in total. The van der Waals surface area contributed by atoms with Crippen LogP contribution in [0.4, 0.5) is 0 Å². The molecule has 2 heteroatoms. The van der Waals surface area contributed by atoms with E-state index in [9.17, 15) is 0 Å². The van der Waals surface area contributed by atoms with E-state index in [1.165, 1.54) is 38.5 Å². The molecule has 0 aromatic heterocycles. The summed E-state index contributed by atoms with van der Waals surface area (Å²) in [5, 5.41) is 3.54. The largest absolute Gasteiger partial charge is 0.378 e. The van der Waals surface area contributed by atoms with Crippen LogP contribution in [-0.4, -0.2) is 25.3 Å². The van der Waals surface area contributed by atoms with Gasteiger partial charge in [0.2, 0.25) is 0 Å². The van der Waals surface area contributed by atoms with Crippen LogP contribution in [0.1, 0.15) is 73.1 Å². The minimum absolute atomic E-state index is 0.470. The highest BCUT2D eigenvalue weighted by atomic mass is 16.5. The smallest absolute Gasteiger partial charge is 0.0582 e. The Morgan fingerprint density at radius 1 is 1.26 bits per heavy atom. The van der Waals surface area contributed by atoms with Gasteiger partial charge in [-0.25, -0.2) is 0 Å². The highest BCUT2D eigenvalue weighted by Crippen LogP contribution is 2.39. The van der Waals surface area contributed by atoms with Gasteiger partial charge in [-0.2, -0.15) is 0 Å². The summed E-state index contributed by atoms with van der Waals surface area (Å²) in [5.41, 5.74) is 0.470. The average Bonchev–Trinajstić information content (AvgIpc) is 2.30. The summed E-state index contributed by atoms with van der Waals surface area (Å²) in [6, 6.07) is 0.676. The maximum atomic E-state index is 6.13. The van der Waals surface area contributed by atoms with Crippen molar-refractivity contribution >= 4 is 0 Å². The second-order valence-corrected chi connectivity index (χ2v) is 7.21. The molecule has 1 saturated carbocycles. The van der Waals surface area contributed by atoms with Crippen molar-refractivity contribution in [2.75, 3.05) is 13.2 Å². The molecule has 1 aliphatic rings. The van der Waals surface area contributed by atoms with Crippen molar-refractivity contribution in [3.63, 3.8) is 0 Å². The summed E-state index contributed by atoms with van der Waals surface area (Å²) in [4.78, 5) is 0. The van der Waals surface area contributed by atoms with Crippen LogP contribution in [0, 0.1) is 11.3 Å². The lowest BCUT2D eigenvalue weighted by Crippen LogP contribution is -2.33. The molecule has 0 spiro atoms. The molecule has 0 aromatic rings. The average molecular weight is 269 g/mol.